The Kier molecular flexibility index (Phi) is 2.77. The van der Waals surface area contributed by atoms with Gasteiger partial charge in [0.05, 0.1) is 24.3 Å². The summed E-state index contributed by atoms with van der Waals surface area (Å²) in [6, 6.07) is 4.15. The Morgan fingerprint density at radius 2 is 1.95 bits per heavy atom. The van der Waals surface area contributed by atoms with E-state index in [-0.39, 0.29) is 5.41 Å². The van der Waals surface area contributed by atoms with Crippen molar-refractivity contribution in [2.45, 2.75) is 39.3 Å². The highest BCUT2D eigenvalue weighted by Gasteiger charge is 2.19. The molecular formula is C14H19N5. The fourth-order valence-electron chi connectivity index (χ4n) is 2.27. The maximum atomic E-state index is 4.37. The van der Waals surface area contributed by atoms with Crippen molar-refractivity contribution in [2.75, 3.05) is 11.4 Å². The molecule has 0 aliphatic carbocycles. The van der Waals surface area contributed by atoms with Crippen LogP contribution in [0, 0.1) is 0 Å². The second kappa shape index (κ2) is 4.33. The van der Waals surface area contributed by atoms with Gasteiger partial charge in [0.2, 0.25) is 0 Å². The van der Waals surface area contributed by atoms with Gasteiger partial charge in [-0.05, 0) is 12.1 Å². The number of hydrogen-bond donors (Lipinski definition) is 0. The summed E-state index contributed by atoms with van der Waals surface area (Å²) in [5, 5.41) is 8.73. The molecule has 5 heteroatoms. The Balaban J connectivity index is 1.81. The average molecular weight is 257 g/mol. The van der Waals surface area contributed by atoms with Gasteiger partial charge >= 0.3 is 0 Å². The highest BCUT2D eigenvalue weighted by molar-refractivity contribution is 5.39. The molecule has 0 bridgehead atoms. The van der Waals surface area contributed by atoms with Crippen LogP contribution in [0.5, 0.6) is 0 Å². The second-order valence-electron chi connectivity index (χ2n) is 6.03. The number of anilines is 1. The summed E-state index contributed by atoms with van der Waals surface area (Å²) in [5.74, 6) is 0.945. The van der Waals surface area contributed by atoms with Gasteiger partial charge in [0.15, 0.2) is 5.82 Å². The van der Waals surface area contributed by atoms with E-state index in [2.05, 4.69) is 57.6 Å². The monoisotopic (exact) mass is 257 g/mol. The summed E-state index contributed by atoms with van der Waals surface area (Å²) < 4.78 is 2.19. The molecule has 1 aliphatic rings. The van der Waals surface area contributed by atoms with Gasteiger partial charge in [-0.25, -0.2) is 4.98 Å². The van der Waals surface area contributed by atoms with E-state index in [4.69, 9.17) is 0 Å². The Morgan fingerprint density at radius 1 is 1.11 bits per heavy atom. The molecule has 3 rings (SSSR count). The summed E-state index contributed by atoms with van der Waals surface area (Å²) in [6.45, 7) is 9.21. The van der Waals surface area contributed by atoms with Crippen LogP contribution < -0.4 is 4.90 Å². The van der Waals surface area contributed by atoms with Crippen molar-refractivity contribution >= 4 is 5.82 Å². The standard InChI is InChI=1S/C14H19N5/c1-14(2,3)12-4-5-13(17-16-12)18-6-7-19-10-15-8-11(19)9-18/h4-5,8,10H,6-7,9H2,1-3H3. The zero-order valence-corrected chi connectivity index (χ0v) is 11.7. The maximum absolute atomic E-state index is 4.37. The van der Waals surface area contributed by atoms with E-state index in [1.54, 1.807) is 0 Å². The van der Waals surface area contributed by atoms with E-state index in [0.29, 0.717) is 0 Å². The fourth-order valence-corrected chi connectivity index (χ4v) is 2.27. The Bertz CT molecular complexity index is 564. The molecule has 0 fully saturated rings. The summed E-state index contributed by atoms with van der Waals surface area (Å²) in [6.07, 6.45) is 3.81. The zero-order chi connectivity index (χ0) is 13.5. The molecule has 0 atom stereocenters. The van der Waals surface area contributed by atoms with Gasteiger partial charge in [0.1, 0.15) is 0 Å². The first-order valence-electron chi connectivity index (χ1n) is 6.62. The van der Waals surface area contributed by atoms with Crippen molar-refractivity contribution in [3.8, 4) is 0 Å². The van der Waals surface area contributed by atoms with Crippen LogP contribution in [-0.2, 0) is 18.5 Å². The lowest BCUT2D eigenvalue weighted by Gasteiger charge is -2.29. The van der Waals surface area contributed by atoms with Crippen molar-refractivity contribution in [3.05, 3.63) is 36.0 Å². The molecule has 1 aliphatic heterocycles. The lowest BCUT2D eigenvalue weighted by Crippen LogP contribution is -2.34. The number of nitrogens with zero attached hydrogens (tertiary/aromatic N) is 5. The number of rotatable bonds is 1. The van der Waals surface area contributed by atoms with Crippen LogP contribution in [0.2, 0.25) is 0 Å². The van der Waals surface area contributed by atoms with Gasteiger partial charge in [-0.3, -0.25) is 0 Å². The van der Waals surface area contributed by atoms with E-state index in [1.807, 2.05) is 12.5 Å². The van der Waals surface area contributed by atoms with Gasteiger partial charge in [-0.1, -0.05) is 20.8 Å². The first kappa shape index (κ1) is 12.1. The molecule has 2 aromatic rings. The third kappa shape index (κ3) is 2.32. The van der Waals surface area contributed by atoms with Gasteiger partial charge in [-0.2, -0.15) is 5.10 Å². The molecular weight excluding hydrogens is 238 g/mol. The van der Waals surface area contributed by atoms with Crippen LogP contribution >= 0.6 is 0 Å². The van der Waals surface area contributed by atoms with Crippen molar-refractivity contribution in [3.63, 3.8) is 0 Å². The SMILES string of the molecule is CC(C)(C)c1ccc(N2CCn3cncc3C2)nn1. The smallest absolute Gasteiger partial charge is 0.151 e. The normalized spacial score (nSPS) is 15.4. The van der Waals surface area contributed by atoms with Gasteiger partial charge in [-0.15, -0.1) is 5.10 Å². The first-order valence-corrected chi connectivity index (χ1v) is 6.62. The average Bonchev–Trinajstić information content (AvgIpc) is 2.85. The molecule has 5 nitrogen and oxygen atoms in total. The lowest BCUT2D eigenvalue weighted by atomic mass is 9.92. The van der Waals surface area contributed by atoms with Crippen molar-refractivity contribution in [1.29, 1.82) is 0 Å². The third-order valence-electron chi connectivity index (χ3n) is 3.51. The van der Waals surface area contributed by atoms with Crippen LogP contribution in [0.4, 0.5) is 5.82 Å². The molecule has 0 N–H and O–H groups in total. The van der Waals surface area contributed by atoms with Crippen molar-refractivity contribution in [2.24, 2.45) is 0 Å². The molecule has 19 heavy (non-hydrogen) atoms. The second-order valence-corrected chi connectivity index (χ2v) is 6.03. The molecule has 0 saturated carbocycles. The van der Waals surface area contributed by atoms with E-state index in [1.165, 1.54) is 5.69 Å². The molecule has 0 amide bonds. The molecule has 0 saturated heterocycles. The Labute approximate surface area is 113 Å². The summed E-state index contributed by atoms with van der Waals surface area (Å²) in [7, 11) is 0. The summed E-state index contributed by atoms with van der Waals surface area (Å²) in [5.41, 5.74) is 2.30. The number of aromatic nitrogens is 4. The molecule has 0 aromatic carbocycles. The van der Waals surface area contributed by atoms with Gasteiger partial charge in [0, 0.05) is 24.7 Å². The summed E-state index contributed by atoms with van der Waals surface area (Å²) >= 11 is 0. The summed E-state index contributed by atoms with van der Waals surface area (Å²) in [4.78, 5) is 6.43. The first-order chi connectivity index (χ1) is 9.04. The molecule has 2 aromatic heterocycles. The fraction of sp³-hybridized carbons (Fsp3) is 0.500. The van der Waals surface area contributed by atoms with Crippen LogP contribution in [0.3, 0.4) is 0 Å². The van der Waals surface area contributed by atoms with E-state index in [0.717, 1.165) is 31.1 Å². The van der Waals surface area contributed by atoms with Gasteiger partial charge < -0.3 is 9.47 Å². The van der Waals surface area contributed by atoms with E-state index >= 15 is 0 Å². The van der Waals surface area contributed by atoms with E-state index in [9.17, 15) is 0 Å². The zero-order valence-electron chi connectivity index (χ0n) is 11.7. The largest absolute Gasteiger partial charge is 0.347 e. The van der Waals surface area contributed by atoms with Crippen LogP contribution in [0.15, 0.2) is 24.7 Å². The molecule has 3 heterocycles. The molecule has 100 valence electrons. The van der Waals surface area contributed by atoms with Crippen LogP contribution in [0.1, 0.15) is 32.2 Å². The molecule has 0 spiro atoms. The van der Waals surface area contributed by atoms with Gasteiger partial charge in [0.25, 0.3) is 0 Å². The number of fused-ring (bicyclic) bond motifs is 1. The topological polar surface area (TPSA) is 46.8 Å². The van der Waals surface area contributed by atoms with Crippen LogP contribution in [0.25, 0.3) is 0 Å². The minimum absolute atomic E-state index is 0.0477. The number of imidazole rings is 1. The van der Waals surface area contributed by atoms with Crippen molar-refractivity contribution < 1.29 is 0 Å². The van der Waals surface area contributed by atoms with Crippen LogP contribution in [-0.4, -0.2) is 26.3 Å². The maximum Gasteiger partial charge on any atom is 0.151 e. The Hall–Kier alpha value is -1.91. The quantitative estimate of drug-likeness (QED) is 0.784. The third-order valence-corrected chi connectivity index (χ3v) is 3.51. The van der Waals surface area contributed by atoms with E-state index < -0.39 is 0 Å². The molecule has 0 radical (unpaired) electrons. The minimum Gasteiger partial charge on any atom is -0.347 e. The molecule has 0 unspecified atom stereocenters. The predicted octanol–water partition coefficient (Wildman–Crippen LogP) is 1.99. The minimum atomic E-state index is 0.0477. The van der Waals surface area contributed by atoms with Crippen molar-refractivity contribution in [1.82, 2.24) is 19.7 Å². The lowest BCUT2D eigenvalue weighted by molar-refractivity contribution is 0.547. The number of hydrogen-bond acceptors (Lipinski definition) is 4. The predicted molar refractivity (Wildman–Crippen MR) is 74.0 cm³/mol. The highest BCUT2D eigenvalue weighted by Crippen LogP contribution is 2.22. The highest BCUT2D eigenvalue weighted by atomic mass is 15.3. The Morgan fingerprint density at radius 3 is 2.63 bits per heavy atom.